The topological polar surface area (TPSA) is 26.3 Å². The number of fused-ring (bicyclic) bond motifs is 7. The maximum absolute atomic E-state index is 16.4. The average molecular weight is 1330 g/mol. The molecule has 94 heavy (non-hydrogen) atoms. The number of rotatable bonds is 16. The Labute approximate surface area is 515 Å². The predicted octanol–water partition coefficient (Wildman–Crippen LogP) is 23.9. The van der Waals surface area contributed by atoms with E-state index in [1.165, 1.54) is 72.8 Å². The molecule has 0 unspecified atom stereocenters. The molecule has 2 aromatic heterocycles. The van der Waals surface area contributed by atoms with Crippen molar-refractivity contribution in [3.63, 3.8) is 0 Å². The van der Waals surface area contributed by atoms with Crippen molar-refractivity contribution in [2.45, 2.75) is 72.6 Å². The normalized spacial score (nSPS) is 13.7. The third-order valence-corrected chi connectivity index (χ3v) is 16.5. The summed E-state index contributed by atoms with van der Waals surface area (Å²) in [4.78, 5) is 0. The Bertz CT molecular complexity index is 4800. The Balaban J connectivity index is 1.21. The monoisotopic (exact) mass is 1330 g/mol. The summed E-state index contributed by atoms with van der Waals surface area (Å²) in [6.45, 7) is 0. The number of halogens is 22. The Morgan fingerprint density at radius 1 is 0.245 bits per heavy atom. The van der Waals surface area contributed by atoms with Crippen LogP contribution in [0.3, 0.4) is 0 Å². The van der Waals surface area contributed by atoms with E-state index in [0.717, 1.165) is 57.9 Å². The lowest BCUT2D eigenvalue weighted by Crippen LogP contribution is -2.66. The van der Waals surface area contributed by atoms with Crippen molar-refractivity contribution >= 4 is 54.3 Å². The molecular formula is C70H38F22O2. The molecule has 0 N–H and O–H groups in total. The van der Waals surface area contributed by atoms with Gasteiger partial charge in [0.15, 0.2) is 0 Å². The number of alkyl halides is 22. The highest BCUT2D eigenvalue weighted by Gasteiger charge is 2.88. The largest absolute Gasteiger partial charge is 0.460 e. The van der Waals surface area contributed by atoms with E-state index in [0.29, 0.717) is 22.3 Å². The van der Waals surface area contributed by atoms with Crippen LogP contribution in [0.5, 0.6) is 0 Å². The smallest absolute Gasteiger partial charge is 0.459 e. The van der Waals surface area contributed by atoms with Crippen molar-refractivity contribution in [2.75, 3.05) is 0 Å². The summed E-state index contributed by atoms with van der Waals surface area (Å²) in [7, 11) is 0. The summed E-state index contributed by atoms with van der Waals surface area (Å²) >= 11 is 0. The van der Waals surface area contributed by atoms with E-state index in [-0.39, 0.29) is 33.4 Å². The van der Waals surface area contributed by atoms with Crippen molar-refractivity contribution < 1.29 is 105 Å². The predicted molar refractivity (Wildman–Crippen MR) is 310 cm³/mol. The van der Waals surface area contributed by atoms with Crippen LogP contribution < -0.4 is 0 Å². The molecule has 0 bridgehead atoms. The number of benzene rings is 10. The van der Waals surface area contributed by atoms with Crippen LogP contribution in [0.4, 0.5) is 96.6 Å². The molecule has 0 saturated carbocycles. The van der Waals surface area contributed by atoms with Crippen LogP contribution in [-0.2, 0) is 12.8 Å². The quantitative estimate of drug-likeness (QED) is 0.0902. The summed E-state index contributed by atoms with van der Waals surface area (Å²) in [5.41, 5.74) is -1.83. The van der Waals surface area contributed by atoms with E-state index in [1.54, 1.807) is 91.0 Å². The van der Waals surface area contributed by atoms with Crippen LogP contribution in [0, 0.1) is 0 Å². The number of furan rings is 2. The number of hydrogen-bond acceptors (Lipinski definition) is 2. The lowest BCUT2D eigenvalue weighted by Gasteiger charge is -2.37. The van der Waals surface area contributed by atoms with Gasteiger partial charge < -0.3 is 8.83 Å². The van der Waals surface area contributed by atoms with Gasteiger partial charge in [0.1, 0.15) is 22.7 Å². The van der Waals surface area contributed by atoms with E-state index < -0.39 is 128 Å². The Morgan fingerprint density at radius 3 is 1.02 bits per heavy atom. The Hall–Kier alpha value is -9.48. The van der Waals surface area contributed by atoms with Gasteiger partial charge in [0.25, 0.3) is 0 Å². The highest BCUT2D eigenvalue weighted by molar-refractivity contribution is 6.28. The zero-order valence-electron chi connectivity index (χ0n) is 47.2. The second-order valence-electron chi connectivity index (χ2n) is 22.3. The van der Waals surface area contributed by atoms with Gasteiger partial charge in [-0.3, -0.25) is 0 Å². The molecule has 2 nitrogen and oxygen atoms in total. The van der Waals surface area contributed by atoms with Gasteiger partial charge in [-0.05, 0) is 95.4 Å². The maximum atomic E-state index is 16.4. The minimum Gasteiger partial charge on any atom is -0.459 e. The molecule has 0 aliphatic rings. The van der Waals surface area contributed by atoms with E-state index in [9.17, 15) is 43.9 Å². The molecule has 0 aliphatic heterocycles. The fourth-order valence-electron chi connectivity index (χ4n) is 11.7. The van der Waals surface area contributed by atoms with Gasteiger partial charge >= 0.3 is 59.7 Å². The summed E-state index contributed by atoms with van der Waals surface area (Å²) < 4.78 is 339. The second kappa shape index (κ2) is 22.1. The van der Waals surface area contributed by atoms with Crippen LogP contribution in [0.15, 0.2) is 215 Å². The van der Waals surface area contributed by atoms with Gasteiger partial charge in [-0.1, -0.05) is 188 Å². The summed E-state index contributed by atoms with van der Waals surface area (Å²) in [6, 6.07) is 51.1. The highest BCUT2D eigenvalue weighted by atomic mass is 19.4. The molecule has 0 atom stereocenters. The lowest BCUT2D eigenvalue weighted by molar-refractivity contribution is -0.422. The lowest BCUT2D eigenvalue weighted by atomic mass is 9.86. The summed E-state index contributed by atoms with van der Waals surface area (Å²) in [5.74, 6) is -62.7. The summed E-state index contributed by atoms with van der Waals surface area (Å²) in [6.07, 6.45) is -20.8. The molecular weight excluding hydrogens is 1290 g/mol. The van der Waals surface area contributed by atoms with Crippen molar-refractivity contribution in [1.82, 2.24) is 0 Å². The molecule has 10 aromatic carbocycles. The van der Waals surface area contributed by atoms with Gasteiger partial charge in [-0.15, -0.1) is 0 Å². The van der Waals surface area contributed by atoms with Gasteiger partial charge in [0.05, 0.1) is 12.8 Å². The fourth-order valence-corrected chi connectivity index (χ4v) is 11.7. The Morgan fingerprint density at radius 2 is 0.596 bits per heavy atom. The molecule has 12 rings (SSSR count). The molecule has 0 fully saturated rings. The minimum atomic E-state index is -7.88. The first-order valence-electron chi connectivity index (χ1n) is 27.9. The molecule has 0 aliphatic carbocycles. The van der Waals surface area contributed by atoms with Crippen LogP contribution in [0.1, 0.15) is 11.5 Å². The molecule has 0 saturated heterocycles. The van der Waals surface area contributed by atoms with Gasteiger partial charge in [-0.2, -0.15) is 96.6 Å². The Kier molecular flexibility index (Phi) is 15.2. The van der Waals surface area contributed by atoms with Crippen LogP contribution in [0.25, 0.3) is 121 Å². The molecule has 0 spiro atoms. The first-order valence-corrected chi connectivity index (χ1v) is 27.9. The van der Waals surface area contributed by atoms with Crippen molar-refractivity contribution in [2.24, 2.45) is 0 Å². The molecule has 0 amide bonds. The van der Waals surface area contributed by atoms with Gasteiger partial charge in [0, 0.05) is 32.7 Å². The van der Waals surface area contributed by atoms with Crippen LogP contribution in [-0.4, -0.2) is 59.7 Å². The van der Waals surface area contributed by atoms with Crippen molar-refractivity contribution in [1.29, 1.82) is 0 Å². The van der Waals surface area contributed by atoms with Crippen LogP contribution in [0.2, 0.25) is 0 Å². The van der Waals surface area contributed by atoms with Gasteiger partial charge in [-0.25, -0.2) is 0 Å². The van der Waals surface area contributed by atoms with E-state index in [2.05, 4.69) is 0 Å². The summed E-state index contributed by atoms with van der Waals surface area (Å²) in [5, 5.41) is 1.23. The molecule has 12 aromatic rings. The first-order chi connectivity index (χ1) is 43.9. The minimum absolute atomic E-state index is 0.000981. The molecule has 2 heterocycles. The van der Waals surface area contributed by atoms with E-state index in [1.807, 2.05) is 6.07 Å². The third kappa shape index (κ3) is 10.1. The van der Waals surface area contributed by atoms with Gasteiger partial charge in [0.2, 0.25) is 0 Å². The van der Waals surface area contributed by atoms with Crippen molar-refractivity contribution in [3.8, 4) is 66.8 Å². The third-order valence-electron chi connectivity index (χ3n) is 16.5. The fraction of sp³-hybridized carbons (Fsp3) is 0.171. The highest BCUT2D eigenvalue weighted by Crippen LogP contribution is 2.61. The molecule has 24 heteroatoms. The van der Waals surface area contributed by atoms with E-state index in [4.69, 9.17) is 8.83 Å². The SMILES string of the molecule is FC(F)(F)C(F)(F)C(F)(F)C(F)(F)C(F)(F)Cc1oc2c(cc(-c3ccc(-c4cccc5ccccc45)cc3)c3c4oc(CC(F)(F)C(F)(F)C(F)(F)C(F)(F)C(F)(F)F)c(-c5ccccc5)c4cc(-c4ccc(-c5ccc6ccccc6c5)cc4)c23)c1-c1ccccc1. The average Bonchev–Trinajstić information content (AvgIpc) is 1.40. The van der Waals surface area contributed by atoms with Crippen molar-refractivity contribution in [3.05, 3.63) is 218 Å². The number of hydrogen-bond donors (Lipinski definition) is 0. The zero-order chi connectivity index (χ0) is 67.7. The second-order valence-corrected chi connectivity index (χ2v) is 22.3. The first kappa shape index (κ1) is 64.6. The van der Waals surface area contributed by atoms with E-state index >= 15 is 52.7 Å². The maximum Gasteiger partial charge on any atom is 0.460 e. The zero-order valence-corrected chi connectivity index (χ0v) is 47.2. The molecule has 0 radical (unpaired) electrons. The van der Waals surface area contributed by atoms with Crippen LogP contribution >= 0.6 is 0 Å². The molecule has 484 valence electrons. The standard InChI is InChI=1S/C70H38F22O2/c71-61(72,63(75,76)65(79,80)67(83,84)69(87,88)89)35-53-55(43-14-3-1-4-15-43)51-33-49(41-25-22-38(23-26-41)46-31-24-37-12-7-8-18-45(37)32-46)57-58(60(51)94-53)50(42-29-27-40(28-30-42)48-21-11-19-39-13-9-10-20-47(39)48)34-52-56(44-16-5-2-6-17-44)54(93-59(52)57)36-62(73,74)64(77,78)66(81,82)68(85,86)70(90,91)92/h1-34H,35-36H2.